The lowest BCUT2D eigenvalue weighted by atomic mass is 10.0. The van der Waals surface area contributed by atoms with Gasteiger partial charge in [0.25, 0.3) is 0 Å². The highest BCUT2D eigenvalue weighted by Gasteiger charge is 2.08. The number of carboxylic acids is 1. The van der Waals surface area contributed by atoms with Gasteiger partial charge in [0.2, 0.25) is 0 Å². The molecular weight excluding hydrogens is 220 g/mol. The summed E-state index contributed by atoms with van der Waals surface area (Å²) in [6, 6.07) is 6.93. The summed E-state index contributed by atoms with van der Waals surface area (Å²) >= 11 is 0. The van der Waals surface area contributed by atoms with E-state index in [0.29, 0.717) is 24.8 Å². The van der Waals surface area contributed by atoms with Crippen molar-refractivity contribution in [2.75, 3.05) is 7.11 Å². The molecule has 0 atom stereocenters. The van der Waals surface area contributed by atoms with Crippen molar-refractivity contribution < 1.29 is 19.4 Å². The Labute approximate surface area is 100 Å². The molecule has 4 heteroatoms. The minimum absolute atomic E-state index is 0.225. The largest absolute Gasteiger partial charge is 0.478 e. The van der Waals surface area contributed by atoms with Crippen LogP contribution >= 0.6 is 0 Å². The van der Waals surface area contributed by atoms with Gasteiger partial charge in [-0.25, -0.2) is 4.79 Å². The summed E-state index contributed by atoms with van der Waals surface area (Å²) in [6.45, 7) is 0. The quantitative estimate of drug-likeness (QED) is 0.608. The number of carbonyl (C=O) groups excluding carboxylic acids is 1. The highest BCUT2D eigenvalue weighted by Crippen LogP contribution is 2.13. The first-order valence-electron chi connectivity index (χ1n) is 5.53. The first kappa shape index (κ1) is 13.2. The van der Waals surface area contributed by atoms with Gasteiger partial charge in [0.15, 0.2) is 0 Å². The molecule has 17 heavy (non-hydrogen) atoms. The molecule has 1 rings (SSSR count). The molecule has 0 radical (unpaired) electrons. The molecular formula is C13H16O4. The van der Waals surface area contributed by atoms with Crippen molar-refractivity contribution in [1.29, 1.82) is 0 Å². The molecule has 4 nitrogen and oxygen atoms in total. The Morgan fingerprint density at radius 3 is 2.59 bits per heavy atom. The first-order valence-corrected chi connectivity index (χ1v) is 5.53. The predicted molar refractivity (Wildman–Crippen MR) is 63.0 cm³/mol. The second kappa shape index (κ2) is 6.68. The van der Waals surface area contributed by atoms with Gasteiger partial charge >= 0.3 is 11.9 Å². The van der Waals surface area contributed by atoms with E-state index in [1.165, 1.54) is 7.11 Å². The zero-order chi connectivity index (χ0) is 12.7. The Bertz CT molecular complexity index is 398. The van der Waals surface area contributed by atoms with Crippen LogP contribution in [0.4, 0.5) is 0 Å². The predicted octanol–water partition coefficient (Wildman–Crippen LogP) is 2.27. The molecule has 0 aliphatic carbocycles. The minimum Gasteiger partial charge on any atom is -0.478 e. The molecule has 0 amide bonds. The molecule has 0 unspecified atom stereocenters. The molecule has 0 fully saturated rings. The number of benzene rings is 1. The van der Waals surface area contributed by atoms with Gasteiger partial charge in [0, 0.05) is 6.42 Å². The third-order valence-electron chi connectivity index (χ3n) is 2.55. The lowest BCUT2D eigenvalue weighted by molar-refractivity contribution is -0.140. The molecule has 92 valence electrons. The van der Waals surface area contributed by atoms with Crippen LogP contribution in [0.1, 0.15) is 35.2 Å². The van der Waals surface area contributed by atoms with Crippen LogP contribution in [0.15, 0.2) is 24.3 Å². The summed E-state index contributed by atoms with van der Waals surface area (Å²) in [6.07, 6.45) is 2.53. The van der Waals surface area contributed by atoms with E-state index in [4.69, 9.17) is 5.11 Å². The number of unbranched alkanes of at least 4 members (excludes halogenated alkanes) is 1. The van der Waals surface area contributed by atoms with Crippen LogP contribution in [-0.2, 0) is 16.0 Å². The van der Waals surface area contributed by atoms with Crippen LogP contribution in [0, 0.1) is 0 Å². The fraction of sp³-hybridized carbons (Fsp3) is 0.385. The zero-order valence-corrected chi connectivity index (χ0v) is 9.81. The van der Waals surface area contributed by atoms with E-state index in [2.05, 4.69) is 4.74 Å². The number of carboxylic acid groups (broad SMARTS) is 1. The SMILES string of the molecule is COC(=O)CCCCc1ccccc1C(=O)O. The Kier molecular flexibility index (Phi) is 5.20. The zero-order valence-electron chi connectivity index (χ0n) is 9.81. The standard InChI is InChI=1S/C13H16O4/c1-17-12(14)9-5-3-7-10-6-2-4-8-11(10)13(15)16/h2,4,6,8H,3,5,7,9H2,1H3,(H,15,16). The maximum atomic E-state index is 10.9. The molecule has 0 saturated carbocycles. The van der Waals surface area contributed by atoms with E-state index in [-0.39, 0.29) is 5.97 Å². The van der Waals surface area contributed by atoms with E-state index in [1.807, 2.05) is 12.1 Å². The summed E-state index contributed by atoms with van der Waals surface area (Å²) in [5.41, 5.74) is 1.15. The minimum atomic E-state index is -0.909. The van der Waals surface area contributed by atoms with Crippen molar-refractivity contribution in [3.63, 3.8) is 0 Å². The number of carbonyl (C=O) groups is 2. The van der Waals surface area contributed by atoms with Gasteiger partial charge in [-0.15, -0.1) is 0 Å². The van der Waals surface area contributed by atoms with Crippen LogP contribution < -0.4 is 0 Å². The molecule has 1 aromatic carbocycles. The van der Waals surface area contributed by atoms with Crippen molar-refractivity contribution in [3.05, 3.63) is 35.4 Å². The number of hydrogen-bond donors (Lipinski definition) is 1. The number of hydrogen-bond acceptors (Lipinski definition) is 3. The van der Waals surface area contributed by atoms with Crippen molar-refractivity contribution in [3.8, 4) is 0 Å². The molecule has 0 bridgehead atoms. The maximum Gasteiger partial charge on any atom is 0.335 e. The Balaban J connectivity index is 2.46. The smallest absolute Gasteiger partial charge is 0.335 e. The molecule has 1 N–H and O–H groups in total. The number of rotatable bonds is 6. The van der Waals surface area contributed by atoms with Crippen LogP contribution in [-0.4, -0.2) is 24.2 Å². The van der Waals surface area contributed by atoms with E-state index in [0.717, 1.165) is 12.0 Å². The fourth-order valence-electron chi connectivity index (χ4n) is 1.63. The molecule has 0 aliphatic heterocycles. The van der Waals surface area contributed by atoms with Gasteiger partial charge in [-0.1, -0.05) is 18.2 Å². The molecule has 0 spiro atoms. The Morgan fingerprint density at radius 1 is 1.24 bits per heavy atom. The molecule has 0 aromatic heterocycles. The number of aromatic carboxylic acids is 1. The molecule has 1 aromatic rings. The monoisotopic (exact) mass is 236 g/mol. The first-order chi connectivity index (χ1) is 8.15. The molecule has 0 saturated heterocycles. The average Bonchev–Trinajstić information content (AvgIpc) is 2.34. The van der Waals surface area contributed by atoms with Crippen LogP contribution in [0.25, 0.3) is 0 Å². The van der Waals surface area contributed by atoms with Gasteiger partial charge in [-0.3, -0.25) is 4.79 Å². The summed E-state index contributed by atoms with van der Waals surface area (Å²) in [7, 11) is 1.36. The van der Waals surface area contributed by atoms with Crippen LogP contribution in [0.2, 0.25) is 0 Å². The fourth-order valence-corrected chi connectivity index (χ4v) is 1.63. The van der Waals surface area contributed by atoms with Crippen molar-refractivity contribution in [1.82, 2.24) is 0 Å². The molecule has 0 heterocycles. The molecule has 0 aliphatic rings. The third-order valence-corrected chi connectivity index (χ3v) is 2.55. The summed E-state index contributed by atoms with van der Waals surface area (Å²) in [5, 5.41) is 8.97. The Morgan fingerprint density at radius 2 is 1.94 bits per heavy atom. The third kappa shape index (κ3) is 4.26. The second-order valence-electron chi connectivity index (χ2n) is 3.75. The lowest BCUT2D eigenvalue weighted by Crippen LogP contribution is -2.03. The summed E-state index contributed by atoms with van der Waals surface area (Å²) in [5.74, 6) is -1.13. The number of methoxy groups -OCH3 is 1. The van der Waals surface area contributed by atoms with E-state index >= 15 is 0 Å². The normalized spacial score (nSPS) is 9.94. The van der Waals surface area contributed by atoms with E-state index < -0.39 is 5.97 Å². The van der Waals surface area contributed by atoms with Gasteiger partial charge in [-0.05, 0) is 30.9 Å². The van der Waals surface area contributed by atoms with Gasteiger partial charge < -0.3 is 9.84 Å². The lowest BCUT2D eigenvalue weighted by Gasteiger charge is -2.05. The van der Waals surface area contributed by atoms with Crippen LogP contribution in [0.3, 0.4) is 0 Å². The van der Waals surface area contributed by atoms with Crippen molar-refractivity contribution >= 4 is 11.9 Å². The van der Waals surface area contributed by atoms with Crippen LogP contribution in [0.5, 0.6) is 0 Å². The summed E-state index contributed by atoms with van der Waals surface area (Å²) in [4.78, 5) is 21.8. The highest BCUT2D eigenvalue weighted by molar-refractivity contribution is 5.89. The maximum absolute atomic E-state index is 10.9. The summed E-state index contributed by atoms with van der Waals surface area (Å²) < 4.78 is 4.53. The second-order valence-corrected chi connectivity index (χ2v) is 3.75. The van der Waals surface area contributed by atoms with Gasteiger partial charge in [-0.2, -0.15) is 0 Å². The number of ether oxygens (including phenoxy) is 1. The van der Waals surface area contributed by atoms with Crippen molar-refractivity contribution in [2.24, 2.45) is 0 Å². The van der Waals surface area contributed by atoms with Gasteiger partial charge in [0.1, 0.15) is 0 Å². The van der Waals surface area contributed by atoms with E-state index in [9.17, 15) is 9.59 Å². The Hall–Kier alpha value is -1.84. The topological polar surface area (TPSA) is 63.6 Å². The number of esters is 1. The average molecular weight is 236 g/mol. The van der Waals surface area contributed by atoms with Crippen molar-refractivity contribution in [2.45, 2.75) is 25.7 Å². The number of aryl methyl sites for hydroxylation is 1. The van der Waals surface area contributed by atoms with E-state index in [1.54, 1.807) is 12.1 Å². The van der Waals surface area contributed by atoms with Gasteiger partial charge in [0.05, 0.1) is 12.7 Å². The highest BCUT2D eigenvalue weighted by atomic mass is 16.5.